The second kappa shape index (κ2) is 14.8. The Morgan fingerprint density at radius 3 is 2.15 bits per heavy atom. The van der Waals surface area contributed by atoms with Crippen LogP contribution < -0.4 is 21.7 Å². The van der Waals surface area contributed by atoms with Gasteiger partial charge in [-0.25, -0.2) is 0 Å². The van der Waals surface area contributed by atoms with Gasteiger partial charge in [0.05, 0.1) is 0 Å². The molecule has 1 aromatic carbocycles. The molecule has 0 bridgehead atoms. The van der Waals surface area contributed by atoms with E-state index in [-0.39, 0.29) is 35.8 Å². The summed E-state index contributed by atoms with van der Waals surface area (Å²) < 4.78 is 0. The van der Waals surface area contributed by atoms with Crippen molar-refractivity contribution in [2.24, 2.45) is 17.6 Å². The predicted octanol–water partition coefficient (Wildman–Crippen LogP) is 1.51. The number of rotatable bonds is 12. The minimum absolute atomic E-state index is 0.0797. The van der Waals surface area contributed by atoms with Gasteiger partial charge < -0.3 is 31.7 Å². The SMILES string of the molecule is CC(=O)N[C@@H](Cc1ccc(O)cc1)C(=O)N[C@H](C(=O)N[C@@H](CC(C)C)C(=O)N1CCC[C@H]1C(N)=O)C1CCCCC1. The number of nitrogens with two attached hydrogens (primary N) is 1. The topological polar surface area (TPSA) is 171 Å². The summed E-state index contributed by atoms with van der Waals surface area (Å²) in [5.41, 5.74) is 6.27. The molecule has 41 heavy (non-hydrogen) atoms. The highest BCUT2D eigenvalue weighted by atomic mass is 16.3. The van der Waals surface area contributed by atoms with E-state index in [0.29, 0.717) is 25.8 Å². The number of primary amides is 1. The van der Waals surface area contributed by atoms with Gasteiger partial charge in [-0.05, 0) is 61.6 Å². The van der Waals surface area contributed by atoms with Gasteiger partial charge in [0.1, 0.15) is 29.9 Å². The van der Waals surface area contributed by atoms with Crippen molar-refractivity contribution in [1.29, 1.82) is 0 Å². The molecule has 1 aromatic rings. The summed E-state index contributed by atoms with van der Waals surface area (Å²) >= 11 is 0. The van der Waals surface area contributed by atoms with E-state index in [1.807, 2.05) is 13.8 Å². The number of phenols is 1. The standard InChI is InChI=1S/C30H45N5O6/c1-18(2)16-24(30(41)35-15-7-10-25(35)27(31)38)33-29(40)26(21-8-5-4-6-9-21)34-28(39)23(32-19(3)36)17-20-11-13-22(37)14-12-20/h11-14,18,21,23-26,37H,4-10,15-17H2,1-3H3,(H2,31,38)(H,32,36)(H,33,40)(H,34,39)/t23-,24-,25-,26-/m0/s1. The fourth-order valence-corrected chi connectivity index (χ4v) is 5.92. The Hall–Kier alpha value is -3.63. The zero-order chi connectivity index (χ0) is 30.1. The van der Waals surface area contributed by atoms with Crippen LogP contribution in [0.2, 0.25) is 0 Å². The summed E-state index contributed by atoms with van der Waals surface area (Å²) in [4.78, 5) is 66.3. The van der Waals surface area contributed by atoms with Crippen molar-refractivity contribution >= 4 is 29.5 Å². The van der Waals surface area contributed by atoms with Crippen molar-refractivity contribution in [3.8, 4) is 5.75 Å². The first-order chi connectivity index (χ1) is 19.5. The number of aromatic hydroxyl groups is 1. The molecule has 1 saturated heterocycles. The first-order valence-electron chi connectivity index (χ1n) is 14.7. The Balaban J connectivity index is 1.82. The molecule has 6 N–H and O–H groups in total. The summed E-state index contributed by atoms with van der Waals surface area (Å²) in [7, 11) is 0. The average molecular weight is 572 g/mol. The first-order valence-corrected chi connectivity index (χ1v) is 14.7. The quantitative estimate of drug-likeness (QED) is 0.255. The van der Waals surface area contributed by atoms with Crippen LogP contribution in [0.3, 0.4) is 0 Å². The number of likely N-dealkylation sites (tertiary alicyclic amines) is 1. The van der Waals surface area contributed by atoms with Gasteiger partial charge in [0.15, 0.2) is 0 Å². The largest absolute Gasteiger partial charge is 0.508 e. The number of phenolic OH excluding ortho intramolecular Hbond substituents is 1. The minimum atomic E-state index is -0.940. The van der Waals surface area contributed by atoms with E-state index >= 15 is 0 Å². The van der Waals surface area contributed by atoms with Gasteiger partial charge in [-0.3, -0.25) is 24.0 Å². The molecular weight excluding hydrogens is 526 g/mol. The number of nitrogens with zero attached hydrogens (tertiary/aromatic N) is 1. The molecule has 1 saturated carbocycles. The number of carbonyl (C=O) groups excluding carboxylic acids is 5. The van der Waals surface area contributed by atoms with E-state index in [4.69, 9.17) is 5.73 Å². The summed E-state index contributed by atoms with van der Waals surface area (Å²) in [6, 6.07) is 2.95. The summed E-state index contributed by atoms with van der Waals surface area (Å²) in [6.45, 7) is 5.62. The highest BCUT2D eigenvalue weighted by Gasteiger charge is 2.39. The van der Waals surface area contributed by atoms with Crippen LogP contribution in [-0.2, 0) is 30.4 Å². The van der Waals surface area contributed by atoms with Crippen molar-refractivity contribution in [3.63, 3.8) is 0 Å². The number of hydrogen-bond donors (Lipinski definition) is 5. The fraction of sp³-hybridized carbons (Fsp3) is 0.633. The zero-order valence-electron chi connectivity index (χ0n) is 24.4. The van der Waals surface area contributed by atoms with Crippen LogP contribution in [0.4, 0.5) is 0 Å². The molecule has 2 aliphatic rings. The van der Waals surface area contributed by atoms with Crippen LogP contribution in [0.25, 0.3) is 0 Å². The van der Waals surface area contributed by atoms with E-state index in [1.54, 1.807) is 12.1 Å². The normalized spacial score (nSPS) is 19.7. The van der Waals surface area contributed by atoms with Crippen molar-refractivity contribution in [2.45, 2.75) is 103 Å². The molecule has 3 rings (SSSR count). The lowest BCUT2D eigenvalue weighted by Crippen LogP contribution is -2.60. The molecule has 0 radical (unpaired) electrons. The number of amides is 5. The minimum Gasteiger partial charge on any atom is -0.508 e. The van der Waals surface area contributed by atoms with Crippen molar-refractivity contribution in [3.05, 3.63) is 29.8 Å². The Labute approximate surface area is 242 Å². The molecule has 0 spiro atoms. The molecule has 11 heteroatoms. The summed E-state index contributed by atoms with van der Waals surface area (Å²) in [5, 5.41) is 18.1. The van der Waals surface area contributed by atoms with Crippen LogP contribution >= 0.6 is 0 Å². The van der Waals surface area contributed by atoms with E-state index in [9.17, 15) is 29.1 Å². The number of hydrogen-bond acceptors (Lipinski definition) is 6. The molecule has 4 atom stereocenters. The average Bonchev–Trinajstić information content (AvgIpc) is 3.42. The van der Waals surface area contributed by atoms with E-state index in [0.717, 1.165) is 37.7 Å². The third-order valence-corrected chi connectivity index (χ3v) is 7.96. The van der Waals surface area contributed by atoms with Gasteiger partial charge in [-0.2, -0.15) is 0 Å². The van der Waals surface area contributed by atoms with Gasteiger partial charge in [0.2, 0.25) is 29.5 Å². The maximum Gasteiger partial charge on any atom is 0.245 e. The van der Waals surface area contributed by atoms with E-state index in [2.05, 4.69) is 16.0 Å². The molecular formula is C30H45N5O6. The Bertz CT molecular complexity index is 1090. The van der Waals surface area contributed by atoms with Crippen molar-refractivity contribution < 1.29 is 29.1 Å². The maximum atomic E-state index is 13.8. The predicted molar refractivity (Wildman–Crippen MR) is 153 cm³/mol. The van der Waals surface area contributed by atoms with Gasteiger partial charge >= 0.3 is 0 Å². The highest BCUT2D eigenvalue weighted by molar-refractivity contribution is 5.95. The Morgan fingerprint density at radius 2 is 1.56 bits per heavy atom. The third-order valence-electron chi connectivity index (χ3n) is 7.96. The first kappa shape index (κ1) is 31.9. The monoisotopic (exact) mass is 571 g/mol. The number of benzene rings is 1. The van der Waals surface area contributed by atoms with Crippen LogP contribution in [0.15, 0.2) is 24.3 Å². The highest BCUT2D eigenvalue weighted by Crippen LogP contribution is 2.27. The molecule has 5 amide bonds. The lowest BCUT2D eigenvalue weighted by Gasteiger charge is -2.34. The van der Waals surface area contributed by atoms with Gasteiger partial charge in [0, 0.05) is 19.9 Å². The van der Waals surface area contributed by atoms with Crippen LogP contribution in [-0.4, -0.2) is 70.3 Å². The molecule has 2 fully saturated rings. The molecule has 1 aliphatic carbocycles. The maximum absolute atomic E-state index is 13.8. The second-order valence-corrected chi connectivity index (χ2v) is 11.8. The second-order valence-electron chi connectivity index (χ2n) is 11.8. The third kappa shape index (κ3) is 9.19. The molecule has 0 unspecified atom stereocenters. The lowest BCUT2D eigenvalue weighted by atomic mass is 9.83. The Kier molecular flexibility index (Phi) is 11.5. The van der Waals surface area contributed by atoms with Crippen molar-refractivity contribution in [2.75, 3.05) is 6.54 Å². The van der Waals surface area contributed by atoms with Crippen LogP contribution in [0.1, 0.15) is 77.7 Å². The zero-order valence-corrected chi connectivity index (χ0v) is 24.4. The van der Waals surface area contributed by atoms with Crippen molar-refractivity contribution in [1.82, 2.24) is 20.9 Å². The molecule has 1 heterocycles. The summed E-state index contributed by atoms with van der Waals surface area (Å²) in [5.74, 6) is -2.20. The number of nitrogens with one attached hydrogen (secondary N) is 3. The molecule has 0 aromatic heterocycles. The van der Waals surface area contributed by atoms with E-state index < -0.39 is 41.9 Å². The summed E-state index contributed by atoms with van der Waals surface area (Å²) in [6.07, 6.45) is 6.09. The van der Waals surface area contributed by atoms with Crippen LogP contribution in [0, 0.1) is 11.8 Å². The fourth-order valence-electron chi connectivity index (χ4n) is 5.92. The smallest absolute Gasteiger partial charge is 0.245 e. The van der Waals surface area contributed by atoms with Gasteiger partial charge in [0.25, 0.3) is 0 Å². The Morgan fingerprint density at radius 1 is 0.902 bits per heavy atom. The van der Waals surface area contributed by atoms with Gasteiger partial charge in [-0.1, -0.05) is 45.2 Å². The molecule has 226 valence electrons. The van der Waals surface area contributed by atoms with Gasteiger partial charge in [-0.15, -0.1) is 0 Å². The molecule has 11 nitrogen and oxygen atoms in total. The van der Waals surface area contributed by atoms with Crippen LogP contribution in [0.5, 0.6) is 5.75 Å². The molecule has 1 aliphatic heterocycles. The lowest BCUT2D eigenvalue weighted by molar-refractivity contribution is -0.142. The number of carbonyl (C=O) groups is 5. The van der Waals surface area contributed by atoms with E-state index in [1.165, 1.54) is 24.0 Å².